The topological polar surface area (TPSA) is 35.9 Å². The third-order valence-corrected chi connectivity index (χ3v) is 5.10. The molecule has 0 saturated carbocycles. The van der Waals surface area contributed by atoms with Crippen LogP contribution in [0.3, 0.4) is 0 Å². The molecule has 1 aromatic carbocycles. The van der Waals surface area contributed by atoms with Crippen LogP contribution in [-0.2, 0) is 0 Å². The lowest BCUT2D eigenvalue weighted by atomic mass is 10.2. The molecule has 0 aliphatic carbocycles. The minimum Gasteiger partial charge on any atom is -0.492 e. The molecule has 3 rings (SSSR count). The average molecular weight is 322 g/mol. The zero-order valence-corrected chi connectivity index (χ0v) is 13.7. The molecule has 2 saturated heterocycles. The Balaban J connectivity index is 1.45. The van der Waals surface area contributed by atoms with Gasteiger partial charge in [-0.05, 0) is 50.9 Å². The first-order chi connectivity index (χ1) is 11.3. The molecular formula is C18H27FN2O2. The van der Waals surface area contributed by atoms with E-state index in [1.807, 2.05) is 0 Å². The van der Waals surface area contributed by atoms with Crippen molar-refractivity contribution in [1.29, 1.82) is 0 Å². The lowest BCUT2D eigenvalue weighted by molar-refractivity contribution is 0.115. The average Bonchev–Trinajstić information content (AvgIpc) is 3.17. The Morgan fingerprint density at radius 3 is 2.70 bits per heavy atom. The van der Waals surface area contributed by atoms with Crippen LogP contribution < -0.4 is 4.74 Å². The van der Waals surface area contributed by atoms with Crippen molar-refractivity contribution in [3.63, 3.8) is 0 Å². The molecule has 2 heterocycles. The molecule has 0 amide bonds. The number of benzene rings is 1. The molecule has 0 spiro atoms. The lowest BCUT2D eigenvalue weighted by Crippen LogP contribution is -2.44. The fourth-order valence-corrected chi connectivity index (χ4v) is 3.85. The van der Waals surface area contributed by atoms with E-state index in [1.165, 1.54) is 31.4 Å². The number of ether oxygens (including phenoxy) is 1. The Morgan fingerprint density at radius 2 is 1.91 bits per heavy atom. The van der Waals surface area contributed by atoms with Crippen LogP contribution in [0.5, 0.6) is 5.75 Å². The van der Waals surface area contributed by atoms with Crippen molar-refractivity contribution < 1.29 is 14.2 Å². The van der Waals surface area contributed by atoms with Crippen LogP contribution in [0.4, 0.5) is 4.39 Å². The molecule has 0 aromatic heterocycles. The quantitative estimate of drug-likeness (QED) is 0.834. The normalized spacial score (nSPS) is 26.0. The van der Waals surface area contributed by atoms with E-state index in [0.29, 0.717) is 24.4 Å². The van der Waals surface area contributed by atoms with Gasteiger partial charge in [0.25, 0.3) is 0 Å². The Hall–Kier alpha value is -1.17. The summed E-state index contributed by atoms with van der Waals surface area (Å²) >= 11 is 0. The number of aliphatic hydroxyl groups excluding tert-OH is 1. The number of hydrogen-bond acceptors (Lipinski definition) is 4. The van der Waals surface area contributed by atoms with Gasteiger partial charge in [-0.3, -0.25) is 9.80 Å². The highest BCUT2D eigenvalue weighted by Crippen LogP contribution is 2.23. The molecule has 1 aromatic rings. The van der Waals surface area contributed by atoms with E-state index in [-0.39, 0.29) is 12.4 Å². The van der Waals surface area contributed by atoms with Crippen molar-refractivity contribution >= 4 is 0 Å². The summed E-state index contributed by atoms with van der Waals surface area (Å²) in [4.78, 5) is 4.92. The highest BCUT2D eigenvalue weighted by atomic mass is 19.1. The van der Waals surface area contributed by atoms with Gasteiger partial charge in [0.15, 0.2) is 0 Å². The number of aliphatic hydroxyl groups is 1. The Kier molecular flexibility index (Phi) is 5.86. The van der Waals surface area contributed by atoms with Crippen LogP contribution in [0.2, 0.25) is 0 Å². The molecule has 23 heavy (non-hydrogen) atoms. The van der Waals surface area contributed by atoms with Gasteiger partial charge in [0.05, 0.1) is 6.61 Å². The van der Waals surface area contributed by atoms with Crippen LogP contribution in [0.25, 0.3) is 0 Å². The lowest BCUT2D eigenvalue weighted by Gasteiger charge is -2.31. The summed E-state index contributed by atoms with van der Waals surface area (Å²) in [5.41, 5.74) is 0. The van der Waals surface area contributed by atoms with Gasteiger partial charge < -0.3 is 9.84 Å². The maximum Gasteiger partial charge on any atom is 0.126 e. The fraction of sp³-hybridized carbons (Fsp3) is 0.667. The van der Waals surface area contributed by atoms with E-state index in [2.05, 4.69) is 9.80 Å². The molecule has 128 valence electrons. The second-order valence-electron chi connectivity index (χ2n) is 6.61. The van der Waals surface area contributed by atoms with Gasteiger partial charge in [-0.15, -0.1) is 0 Å². The Labute approximate surface area is 137 Å². The van der Waals surface area contributed by atoms with E-state index in [4.69, 9.17) is 4.74 Å². The summed E-state index contributed by atoms with van der Waals surface area (Å²) in [7, 11) is 0. The van der Waals surface area contributed by atoms with Crippen molar-refractivity contribution in [2.45, 2.75) is 37.8 Å². The third kappa shape index (κ3) is 4.43. The molecule has 2 aliphatic rings. The summed E-state index contributed by atoms with van der Waals surface area (Å²) < 4.78 is 18.8. The summed E-state index contributed by atoms with van der Waals surface area (Å²) in [5.74, 6) is 0.339. The van der Waals surface area contributed by atoms with Gasteiger partial charge in [-0.25, -0.2) is 4.39 Å². The first kappa shape index (κ1) is 16.7. The smallest absolute Gasteiger partial charge is 0.126 e. The summed E-state index contributed by atoms with van der Waals surface area (Å²) in [6.07, 6.45) is 4.75. The molecule has 2 aliphatic heterocycles. The van der Waals surface area contributed by atoms with Crippen LogP contribution in [0, 0.1) is 5.82 Å². The maximum atomic E-state index is 13.1. The van der Waals surface area contributed by atoms with Crippen molar-refractivity contribution in [2.24, 2.45) is 0 Å². The highest BCUT2D eigenvalue weighted by molar-refractivity contribution is 5.22. The van der Waals surface area contributed by atoms with Gasteiger partial charge in [-0.1, -0.05) is 6.07 Å². The Bertz CT molecular complexity index is 500. The van der Waals surface area contributed by atoms with Gasteiger partial charge >= 0.3 is 0 Å². The molecular weight excluding hydrogens is 295 g/mol. The molecule has 2 unspecified atom stereocenters. The third-order valence-electron chi connectivity index (χ3n) is 5.10. The second-order valence-corrected chi connectivity index (χ2v) is 6.61. The molecule has 0 radical (unpaired) electrons. The fourth-order valence-electron chi connectivity index (χ4n) is 3.85. The van der Waals surface area contributed by atoms with Gasteiger partial charge in [0, 0.05) is 31.2 Å². The van der Waals surface area contributed by atoms with Crippen molar-refractivity contribution in [3.05, 3.63) is 30.1 Å². The summed E-state index contributed by atoms with van der Waals surface area (Å²) in [6.45, 7) is 4.99. The standard InChI is InChI=1S/C18H27FN2O2/c19-15-4-1-7-18(12-15)23-11-10-20-8-2-5-16(20)13-21-9-3-6-17(21)14-22/h1,4,7,12,16-17,22H,2-3,5-6,8-11,13-14H2. The van der Waals surface area contributed by atoms with Crippen LogP contribution in [0.15, 0.2) is 24.3 Å². The molecule has 2 atom stereocenters. The van der Waals surface area contributed by atoms with Gasteiger partial charge in [-0.2, -0.15) is 0 Å². The van der Waals surface area contributed by atoms with E-state index < -0.39 is 0 Å². The molecule has 1 N–H and O–H groups in total. The maximum absolute atomic E-state index is 13.1. The predicted molar refractivity (Wildman–Crippen MR) is 88.2 cm³/mol. The molecule has 4 nitrogen and oxygen atoms in total. The van der Waals surface area contributed by atoms with E-state index in [9.17, 15) is 9.50 Å². The summed E-state index contributed by atoms with van der Waals surface area (Å²) in [6, 6.07) is 7.22. The van der Waals surface area contributed by atoms with E-state index >= 15 is 0 Å². The zero-order valence-electron chi connectivity index (χ0n) is 13.7. The first-order valence-electron chi connectivity index (χ1n) is 8.73. The van der Waals surface area contributed by atoms with Crippen molar-refractivity contribution in [1.82, 2.24) is 9.80 Å². The number of halogens is 1. The van der Waals surface area contributed by atoms with Crippen LogP contribution in [0.1, 0.15) is 25.7 Å². The van der Waals surface area contributed by atoms with Crippen LogP contribution >= 0.6 is 0 Å². The van der Waals surface area contributed by atoms with Gasteiger partial charge in [0.2, 0.25) is 0 Å². The number of likely N-dealkylation sites (tertiary alicyclic amines) is 2. The zero-order chi connectivity index (χ0) is 16.1. The van der Waals surface area contributed by atoms with Crippen molar-refractivity contribution in [3.8, 4) is 5.75 Å². The van der Waals surface area contributed by atoms with E-state index in [1.54, 1.807) is 12.1 Å². The van der Waals surface area contributed by atoms with Gasteiger partial charge in [0.1, 0.15) is 18.2 Å². The Morgan fingerprint density at radius 1 is 1.13 bits per heavy atom. The number of rotatable bonds is 7. The van der Waals surface area contributed by atoms with Crippen molar-refractivity contribution in [2.75, 3.05) is 39.4 Å². The molecule has 2 fully saturated rings. The predicted octanol–water partition coefficient (Wildman–Crippen LogP) is 2.13. The minimum absolute atomic E-state index is 0.259. The summed E-state index contributed by atoms with van der Waals surface area (Å²) in [5, 5.41) is 9.46. The first-order valence-corrected chi connectivity index (χ1v) is 8.73. The van der Waals surface area contributed by atoms with Crippen LogP contribution in [-0.4, -0.2) is 66.4 Å². The molecule has 0 bridgehead atoms. The second kappa shape index (κ2) is 8.08. The molecule has 5 heteroatoms. The number of hydrogen-bond donors (Lipinski definition) is 1. The highest BCUT2D eigenvalue weighted by Gasteiger charge is 2.30. The SMILES string of the molecule is OCC1CCCN1CC1CCCN1CCOc1cccc(F)c1. The largest absolute Gasteiger partial charge is 0.492 e. The number of nitrogens with zero attached hydrogens (tertiary/aromatic N) is 2. The monoisotopic (exact) mass is 322 g/mol. The van der Waals surface area contributed by atoms with E-state index in [0.717, 1.165) is 32.6 Å². The minimum atomic E-state index is -0.259.